The molecule has 0 bridgehead atoms. The number of nitrogens with zero attached hydrogens (tertiary/aromatic N) is 1. The molecule has 1 aliphatic rings. The third-order valence-electron chi connectivity index (χ3n) is 3.04. The van der Waals surface area contributed by atoms with Crippen molar-refractivity contribution in [1.82, 2.24) is 0 Å². The first-order valence-electron chi connectivity index (χ1n) is 6.03. The van der Waals surface area contributed by atoms with Crippen molar-refractivity contribution in [1.29, 1.82) is 0 Å². The maximum atomic E-state index is 12.2. The zero-order valence-corrected chi connectivity index (χ0v) is 12.1. The van der Waals surface area contributed by atoms with Gasteiger partial charge in [0.2, 0.25) is 5.78 Å². The van der Waals surface area contributed by atoms with E-state index in [0.717, 1.165) is 4.90 Å². The second-order valence-corrected chi connectivity index (χ2v) is 5.89. The van der Waals surface area contributed by atoms with Crippen molar-refractivity contribution in [3.05, 3.63) is 73.6 Å². The Balaban J connectivity index is 2.00. The number of nitro groups is 1. The van der Waals surface area contributed by atoms with Crippen LogP contribution in [0.25, 0.3) is 6.08 Å². The van der Waals surface area contributed by atoms with Gasteiger partial charge in [-0.1, -0.05) is 41.6 Å². The first kappa shape index (κ1) is 13.9. The molecular formula is C15H8ClNO3S. The monoisotopic (exact) mass is 317 g/mol. The minimum Gasteiger partial charge on any atom is -0.288 e. The summed E-state index contributed by atoms with van der Waals surface area (Å²) in [5, 5.41) is 11.0. The van der Waals surface area contributed by atoms with Gasteiger partial charge in [0.15, 0.2) is 0 Å². The minimum atomic E-state index is -0.539. The van der Waals surface area contributed by atoms with E-state index in [4.69, 9.17) is 11.6 Å². The lowest BCUT2D eigenvalue weighted by atomic mass is 10.1. The molecule has 0 fully saturated rings. The first-order chi connectivity index (χ1) is 10.1. The van der Waals surface area contributed by atoms with Gasteiger partial charge in [-0.3, -0.25) is 14.9 Å². The van der Waals surface area contributed by atoms with Crippen LogP contribution >= 0.6 is 23.4 Å². The second-order valence-electron chi connectivity index (χ2n) is 4.40. The number of nitro benzene ring substituents is 1. The lowest BCUT2D eigenvalue weighted by Crippen LogP contribution is -1.94. The normalized spacial score (nSPS) is 15.3. The van der Waals surface area contributed by atoms with Gasteiger partial charge in [0.1, 0.15) is 5.02 Å². The van der Waals surface area contributed by atoms with Crippen molar-refractivity contribution in [2.75, 3.05) is 0 Å². The van der Waals surface area contributed by atoms with E-state index in [-0.39, 0.29) is 16.5 Å². The van der Waals surface area contributed by atoms with E-state index in [1.165, 1.54) is 23.9 Å². The smallest absolute Gasteiger partial charge is 0.288 e. The summed E-state index contributed by atoms with van der Waals surface area (Å²) in [5.74, 6) is -0.0618. The van der Waals surface area contributed by atoms with Gasteiger partial charge < -0.3 is 0 Å². The molecule has 0 radical (unpaired) electrons. The number of fused-ring (bicyclic) bond motifs is 1. The van der Waals surface area contributed by atoms with Crippen LogP contribution in [0, 0.1) is 10.1 Å². The number of carbonyl (C=O) groups is 1. The molecule has 21 heavy (non-hydrogen) atoms. The van der Waals surface area contributed by atoms with Crippen molar-refractivity contribution in [2.24, 2.45) is 0 Å². The van der Waals surface area contributed by atoms with Crippen LogP contribution in [0.5, 0.6) is 0 Å². The number of hydrogen-bond acceptors (Lipinski definition) is 4. The third-order valence-corrected chi connectivity index (χ3v) is 4.46. The molecule has 3 rings (SSSR count). The van der Waals surface area contributed by atoms with Gasteiger partial charge >= 0.3 is 0 Å². The van der Waals surface area contributed by atoms with Crippen molar-refractivity contribution >= 4 is 40.9 Å². The van der Waals surface area contributed by atoms with Crippen molar-refractivity contribution < 1.29 is 9.72 Å². The van der Waals surface area contributed by atoms with Crippen LogP contribution in [-0.4, -0.2) is 10.7 Å². The van der Waals surface area contributed by atoms with Gasteiger partial charge in [-0.2, -0.15) is 0 Å². The molecule has 104 valence electrons. The van der Waals surface area contributed by atoms with Gasteiger partial charge in [-0.15, -0.1) is 0 Å². The molecule has 2 aromatic rings. The molecule has 0 N–H and O–H groups in total. The Labute approximate surface area is 129 Å². The number of rotatable bonds is 2. The van der Waals surface area contributed by atoms with Crippen LogP contribution < -0.4 is 0 Å². The van der Waals surface area contributed by atoms with E-state index in [9.17, 15) is 14.9 Å². The molecule has 0 aliphatic carbocycles. The highest BCUT2D eigenvalue weighted by atomic mass is 35.5. The Morgan fingerprint density at radius 1 is 1.19 bits per heavy atom. The molecular weight excluding hydrogens is 310 g/mol. The summed E-state index contributed by atoms with van der Waals surface area (Å²) in [6, 6.07) is 11.8. The average molecular weight is 318 g/mol. The highest BCUT2D eigenvalue weighted by Crippen LogP contribution is 2.40. The van der Waals surface area contributed by atoms with Crippen molar-refractivity contribution in [3.8, 4) is 0 Å². The Hall–Kier alpha value is -2.11. The third kappa shape index (κ3) is 2.57. The van der Waals surface area contributed by atoms with Crippen molar-refractivity contribution in [3.63, 3.8) is 0 Å². The number of benzene rings is 2. The summed E-state index contributed by atoms with van der Waals surface area (Å²) in [6.07, 6.45) is 1.65. The number of ketones is 1. The van der Waals surface area contributed by atoms with E-state index in [0.29, 0.717) is 16.0 Å². The summed E-state index contributed by atoms with van der Waals surface area (Å²) in [4.78, 5) is 24.0. The summed E-state index contributed by atoms with van der Waals surface area (Å²) < 4.78 is 0. The zero-order valence-electron chi connectivity index (χ0n) is 10.6. The fourth-order valence-corrected chi connectivity index (χ4v) is 3.28. The average Bonchev–Trinajstić information content (AvgIpc) is 2.78. The summed E-state index contributed by atoms with van der Waals surface area (Å²) in [5.41, 5.74) is 1.07. The highest BCUT2D eigenvalue weighted by Gasteiger charge is 2.25. The first-order valence-corrected chi connectivity index (χ1v) is 7.23. The quantitative estimate of drug-likeness (QED) is 0.462. The SMILES string of the molecule is O=C1/C(=C\c2ccc(Cl)c([N+](=O)[O-])c2)Sc2ccccc21. The van der Waals surface area contributed by atoms with Gasteiger partial charge in [-0.05, 0) is 29.8 Å². The van der Waals surface area contributed by atoms with Gasteiger partial charge in [-0.25, -0.2) is 0 Å². The van der Waals surface area contributed by atoms with Gasteiger partial charge in [0, 0.05) is 16.5 Å². The van der Waals surface area contributed by atoms with E-state index < -0.39 is 4.92 Å². The van der Waals surface area contributed by atoms with Crippen LogP contribution in [0.3, 0.4) is 0 Å². The lowest BCUT2D eigenvalue weighted by molar-refractivity contribution is -0.384. The van der Waals surface area contributed by atoms with Crippen LogP contribution in [0.2, 0.25) is 5.02 Å². The maximum Gasteiger partial charge on any atom is 0.288 e. The van der Waals surface area contributed by atoms with E-state index in [1.807, 2.05) is 18.2 Å². The fraction of sp³-hybridized carbons (Fsp3) is 0. The van der Waals surface area contributed by atoms with E-state index in [2.05, 4.69) is 0 Å². The molecule has 0 unspecified atom stereocenters. The molecule has 1 aliphatic heterocycles. The standard InChI is InChI=1S/C15H8ClNO3S/c16-11-6-5-9(7-12(11)17(19)20)8-14-15(18)10-3-1-2-4-13(10)21-14/h1-8H/b14-8+. The molecule has 2 aromatic carbocycles. The Morgan fingerprint density at radius 2 is 1.95 bits per heavy atom. The molecule has 0 amide bonds. The Morgan fingerprint density at radius 3 is 2.67 bits per heavy atom. The van der Waals surface area contributed by atoms with Gasteiger partial charge in [0.25, 0.3) is 5.69 Å². The molecule has 0 saturated carbocycles. The van der Waals surface area contributed by atoms with E-state index in [1.54, 1.807) is 18.2 Å². The number of thioether (sulfide) groups is 1. The molecule has 1 heterocycles. The number of Topliss-reactive ketones (excluding diaryl/α,β-unsaturated/α-hetero) is 1. The van der Waals surface area contributed by atoms with Crippen LogP contribution in [0.4, 0.5) is 5.69 Å². The Bertz CT molecular complexity index is 801. The van der Waals surface area contributed by atoms with Crippen LogP contribution in [0.15, 0.2) is 52.3 Å². The zero-order chi connectivity index (χ0) is 15.0. The Kier molecular flexibility index (Phi) is 3.53. The van der Waals surface area contributed by atoms with E-state index >= 15 is 0 Å². The minimum absolute atomic E-state index is 0.0618. The summed E-state index contributed by atoms with van der Waals surface area (Å²) in [7, 11) is 0. The fourth-order valence-electron chi connectivity index (χ4n) is 2.05. The number of halogens is 1. The predicted molar refractivity (Wildman–Crippen MR) is 82.7 cm³/mol. The van der Waals surface area contributed by atoms with Crippen LogP contribution in [0.1, 0.15) is 15.9 Å². The molecule has 0 saturated heterocycles. The molecule has 0 spiro atoms. The van der Waals surface area contributed by atoms with Gasteiger partial charge in [0.05, 0.1) is 9.83 Å². The molecule has 6 heteroatoms. The summed E-state index contributed by atoms with van der Waals surface area (Å²) >= 11 is 7.14. The lowest BCUT2D eigenvalue weighted by Gasteiger charge is -1.99. The highest BCUT2D eigenvalue weighted by molar-refractivity contribution is 8.04. The largest absolute Gasteiger partial charge is 0.288 e. The second kappa shape index (κ2) is 5.35. The van der Waals surface area contributed by atoms with Crippen LogP contribution in [-0.2, 0) is 0 Å². The topological polar surface area (TPSA) is 60.2 Å². The number of allylic oxidation sites excluding steroid dienone is 1. The van der Waals surface area contributed by atoms with Crippen molar-refractivity contribution in [2.45, 2.75) is 4.90 Å². The predicted octanol–water partition coefficient (Wildman–Crippen LogP) is 4.58. The molecule has 0 atom stereocenters. The molecule has 4 nitrogen and oxygen atoms in total. The maximum absolute atomic E-state index is 12.2. The number of hydrogen-bond donors (Lipinski definition) is 0. The summed E-state index contributed by atoms with van der Waals surface area (Å²) in [6.45, 7) is 0. The number of carbonyl (C=O) groups excluding carboxylic acids is 1. The molecule has 0 aromatic heterocycles.